The van der Waals surface area contributed by atoms with Gasteiger partial charge in [-0.1, -0.05) is 24.3 Å². The van der Waals surface area contributed by atoms with Gasteiger partial charge in [0.1, 0.15) is 23.7 Å². The Hall–Kier alpha value is -2.44. The Labute approximate surface area is 140 Å². The summed E-state index contributed by atoms with van der Waals surface area (Å²) in [5.74, 6) is -0.102. The van der Waals surface area contributed by atoms with Crippen molar-refractivity contribution in [2.24, 2.45) is 5.73 Å². The zero-order chi connectivity index (χ0) is 17.6. The first-order chi connectivity index (χ1) is 11.5. The van der Waals surface area contributed by atoms with Gasteiger partial charge in [-0.15, -0.1) is 0 Å². The van der Waals surface area contributed by atoms with Crippen LogP contribution in [0.15, 0.2) is 48.5 Å². The highest BCUT2D eigenvalue weighted by molar-refractivity contribution is 5.86. The molecule has 1 amide bonds. The van der Waals surface area contributed by atoms with Gasteiger partial charge in [0.25, 0.3) is 0 Å². The predicted octanol–water partition coefficient (Wildman–Crippen LogP) is 1.38. The zero-order valence-electron chi connectivity index (χ0n) is 13.5. The Bertz CT molecular complexity index is 691. The number of amides is 1. The number of nitrogens with two attached hydrogens (primary N) is 1. The Morgan fingerprint density at radius 1 is 1.25 bits per heavy atom. The summed E-state index contributed by atoms with van der Waals surface area (Å²) in [5.41, 5.74) is 6.11. The Kier molecular flexibility index (Phi) is 5.89. The monoisotopic (exact) mass is 332 g/mol. The van der Waals surface area contributed by atoms with Crippen molar-refractivity contribution in [2.45, 2.75) is 18.6 Å². The lowest BCUT2D eigenvalue weighted by Gasteiger charge is -2.25. The maximum Gasteiger partial charge on any atom is 0.242 e. The van der Waals surface area contributed by atoms with Crippen molar-refractivity contribution in [1.29, 1.82) is 0 Å². The van der Waals surface area contributed by atoms with Crippen LogP contribution in [0.3, 0.4) is 0 Å². The minimum absolute atomic E-state index is 0.202. The molecule has 2 aromatic rings. The number of carbonyl (C=O) groups is 1. The van der Waals surface area contributed by atoms with Gasteiger partial charge in [0, 0.05) is 13.5 Å². The van der Waals surface area contributed by atoms with E-state index in [4.69, 9.17) is 10.5 Å². The second kappa shape index (κ2) is 7.90. The summed E-state index contributed by atoms with van der Waals surface area (Å²) in [4.78, 5) is 11.8. The Morgan fingerprint density at radius 3 is 2.54 bits per heavy atom. The van der Waals surface area contributed by atoms with Gasteiger partial charge in [0.15, 0.2) is 0 Å². The Balaban J connectivity index is 1.98. The second-order valence-electron chi connectivity index (χ2n) is 5.63. The van der Waals surface area contributed by atoms with Gasteiger partial charge in [-0.2, -0.15) is 0 Å². The van der Waals surface area contributed by atoms with E-state index in [1.54, 1.807) is 36.4 Å². The van der Waals surface area contributed by atoms with Crippen LogP contribution in [0, 0.1) is 5.82 Å². The van der Waals surface area contributed by atoms with E-state index in [9.17, 15) is 14.3 Å². The molecular formula is C18H21FN2O3. The SMILES string of the molecule is CNC(=O)C(N)(CO)Cc1ccc(OCc2cccc(F)c2)cc1. The summed E-state index contributed by atoms with van der Waals surface area (Å²) in [6, 6.07) is 13.3. The second-order valence-corrected chi connectivity index (χ2v) is 5.63. The molecule has 0 saturated carbocycles. The number of rotatable bonds is 7. The molecule has 5 nitrogen and oxygen atoms in total. The first kappa shape index (κ1) is 17.9. The van der Waals surface area contributed by atoms with Gasteiger partial charge >= 0.3 is 0 Å². The molecule has 128 valence electrons. The number of benzene rings is 2. The number of halogens is 1. The van der Waals surface area contributed by atoms with Gasteiger partial charge in [0.05, 0.1) is 6.61 Å². The highest BCUT2D eigenvalue weighted by Crippen LogP contribution is 2.18. The molecule has 0 aliphatic heterocycles. The fraction of sp³-hybridized carbons (Fsp3) is 0.278. The van der Waals surface area contributed by atoms with Crippen molar-refractivity contribution in [3.05, 3.63) is 65.5 Å². The van der Waals surface area contributed by atoms with E-state index in [-0.39, 0.29) is 18.8 Å². The minimum atomic E-state index is -1.36. The lowest BCUT2D eigenvalue weighted by Crippen LogP contribution is -2.57. The van der Waals surface area contributed by atoms with Crippen LogP contribution in [0.4, 0.5) is 4.39 Å². The van der Waals surface area contributed by atoms with Gasteiger partial charge in [-0.25, -0.2) is 4.39 Å². The number of aliphatic hydroxyl groups excluding tert-OH is 1. The largest absolute Gasteiger partial charge is 0.489 e. The van der Waals surface area contributed by atoms with Crippen molar-refractivity contribution < 1.29 is 19.0 Å². The van der Waals surface area contributed by atoms with Gasteiger partial charge < -0.3 is 20.9 Å². The van der Waals surface area contributed by atoms with E-state index in [1.165, 1.54) is 19.2 Å². The van der Waals surface area contributed by atoms with Crippen molar-refractivity contribution in [1.82, 2.24) is 5.32 Å². The van der Waals surface area contributed by atoms with Gasteiger partial charge in [0.2, 0.25) is 5.91 Å². The van der Waals surface area contributed by atoms with Crippen LogP contribution in [-0.4, -0.2) is 30.2 Å². The van der Waals surface area contributed by atoms with Crippen LogP contribution in [0.2, 0.25) is 0 Å². The zero-order valence-corrected chi connectivity index (χ0v) is 13.5. The van der Waals surface area contributed by atoms with Crippen molar-refractivity contribution >= 4 is 5.91 Å². The number of hydrogen-bond acceptors (Lipinski definition) is 4. The Morgan fingerprint density at radius 2 is 1.96 bits per heavy atom. The number of nitrogens with one attached hydrogen (secondary N) is 1. The van der Waals surface area contributed by atoms with Crippen molar-refractivity contribution in [3.63, 3.8) is 0 Å². The van der Waals surface area contributed by atoms with E-state index in [2.05, 4.69) is 5.32 Å². The molecule has 4 N–H and O–H groups in total. The number of carbonyl (C=O) groups excluding carboxylic acids is 1. The van der Waals surface area contributed by atoms with Crippen LogP contribution in [0.5, 0.6) is 5.75 Å². The normalized spacial score (nSPS) is 13.2. The highest BCUT2D eigenvalue weighted by atomic mass is 19.1. The molecule has 0 heterocycles. The minimum Gasteiger partial charge on any atom is -0.489 e. The molecule has 1 atom stereocenters. The molecule has 2 aromatic carbocycles. The summed E-state index contributed by atoms with van der Waals surface area (Å²) in [5, 5.41) is 11.8. The molecular weight excluding hydrogens is 311 g/mol. The molecule has 0 spiro atoms. The molecule has 0 aromatic heterocycles. The molecule has 6 heteroatoms. The lowest BCUT2D eigenvalue weighted by atomic mass is 9.91. The maximum atomic E-state index is 13.1. The van der Waals surface area contributed by atoms with Crippen LogP contribution in [0.25, 0.3) is 0 Å². The summed E-state index contributed by atoms with van der Waals surface area (Å²) in [6.07, 6.45) is 0.202. The number of hydrogen-bond donors (Lipinski definition) is 3. The summed E-state index contributed by atoms with van der Waals surface area (Å²) >= 11 is 0. The van der Waals surface area contributed by atoms with Gasteiger partial charge in [-0.3, -0.25) is 4.79 Å². The molecule has 0 aliphatic carbocycles. The van der Waals surface area contributed by atoms with E-state index in [0.29, 0.717) is 5.75 Å². The molecule has 0 fully saturated rings. The van der Waals surface area contributed by atoms with Crippen LogP contribution >= 0.6 is 0 Å². The molecule has 0 radical (unpaired) electrons. The number of likely N-dealkylation sites (N-methyl/N-ethyl adjacent to an activating group) is 1. The molecule has 24 heavy (non-hydrogen) atoms. The molecule has 0 aliphatic rings. The summed E-state index contributed by atoms with van der Waals surface area (Å²) in [6.45, 7) is -0.197. The first-order valence-corrected chi connectivity index (χ1v) is 7.55. The highest BCUT2D eigenvalue weighted by Gasteiger charge is 2.32. The standard InChI is InChI=1S/C18H21FN2O3/c1-21-17(23)18(20,12-22)10-13-5-7-16(8-6-13)24-11-14-3-2-4-15(19)9-14/h2-9,22H,10-12,20H2,1H3,(H,21,23). The fourth-order valence-electron chi connectivity index (χ4n) is 2.32. The molecule has 2 rings (SSSR count). The fourth-order valence-corrected chi connectivity index (χ4v) is 2.32. The van der Waals surface area contributed by atoms with E-state index in [1.807, 2.05) is 0 Å². The molecule has 1 unspecified atom stereocenters. The number of aliphatic hydroxyl groups is 1. The topological polar surface area (TPSA) is 84.6 Å². The maximum absolute atomic E-state index is 13.1. The van der Waals surface area contributed by atoms with E-state index < -0.39 is 18.1 Å². The third-order valence-corrected chi connectivity index (χ3v) is 3.70. The van der Waals surface area contributed by atoms with Crippen molar-refractivity contribution in [3.8, 4) is 5.75 Å². The van der Waals surface area contributed by atoms with E-state index in [0.717, 1.165) is 11.1 Å². The first-order valence-electron chi connectivity index (χ1n) is 7.55. The third-order valence-electron chi connectivity index (χ3n) is 3.70. The summed E-state index contributed by atoms with van der Waals surface area (Å²) < 4.78 is 18.7. The van der Waals surface area contributed by atoms with Crippen LogP contribution in [-0.2, 0) is 17.8 Å². The molecule has 0 bridgehead atoms. The molecule has 0 saturated heterocycles. The predicted molar refractivity (Wildman–Crippen MR) is 88.9 cm³/mol. The van der Waals surface area contributed by atoms with Crippen LogP contribution < -0.4 is 15.8 Å². The van der Waals surface area contributed by atoms with Gasteiger partial charge in [-0.05, 0) is 35.4 Å². The number of ether oxygens (including phenoxy) is 1. The third kappa shape index (κ3) is 4.53. The quantitative estimate of drug-likeness (QED) is 0.715. The average molecular weight is 332 g/mol. The average Bonchev–Trinajstić information content (AvgIpc) is 2.60. The lowest BCUT2D eigenvalue weighted by molar-refractivity contribution is -0.127. The smallest absolute Gasteiger partial charge is 0.242 e. The van der Waals surface area contributed by atoms with E-state index >= 15 is 0 Å². The summed E-state index contributed by atoms with van der Waals surface area (Å²) in [7, 11) is 1.48. The van der Waals surface area contributed by atoms with Crippen molar-refractivity contribution in [2.75, 3.05) is 13.7 Å². The van der Waals surface area contributed by atoms with Crippen LogP contribution in [0.1, 0.15) is 11.1 Å².